The second-order valence-electron chi connectivity index (χ2n) is 3.63. The van der Waals surface area contributed by atoms with Crippen LogP contribution in [0, 0.1) is 6.92 Å². The highest BCUT2D eigenvalue weighted by molar-refractivity contribution is 9.11. The van der Waals surface area contributed by atoms with E-state index in [4.69, 9.17) is 14.3 Å². The van der Waals surface area contributed by atoms with Crippen molar-refractivity contribution in [1.82, 2.24) is 0 Å². The van der Waals surface area contributed by atoms with E-state index < -0.39 is 5.97 Å². The molecule has 0 aromatic carbocycles. The van der Waals surface area contributed by atoms with Gasteiger partial charge < -0.3 is 14.3 Å². The van der Waals surface area contributed by atoms with Crippen LogP contribution in [0.15, 0.2) is 14.7 Å². The summed E-state index contributed by atoms with van der Waals surface area (Å²) in [4.78, 5) is 11.1. The van der Waals surface area contributed by atoms with E-state index >= 15 is 0 Å². The number of furan rings is 1. The number of halogens is 1. The van der Waals surface area contributed by atoms with Gasteiger partial charge in [-0.1, -0.05) is 15.9 Å². The van der Waals surface area contributed by atoms with Crippen LogP contribution in [0.4, 0.5) is 0 Å². The van der Waals surface area contributed by atoms with Crippen LogP contribution in [0.1, 0.15) is 27.4 Å². The Bertz CT molecular complexity index is 484. The van der Waals surface area contributed by atoms with Gasteiger partial charge in [0.05, 0.1) is 7.11 Å². The van der Waals surface area contributed by atoms with Gasteiger partial charge in [-0.05, 0) is 6.92 Å². The molecular formula is C11H11BrO4. The van der Waals surface area contributed by atoms with Crippen LogP contribution in [-0.4, -0.2) is 18.2 Å². The Morgan fingerprint density at radius 1 is 1.50 bits per heavy atom. The van der Waals surface area contributed by atoms with Crippen molar-refractivity contribution in [3.8, 4) is 0 Å². The number of hydrogen-bond donors (Lipinski definition) is 1. The van der Waals surface area contributed by atoms with Crippen molar-refractivity contribution in [1.29, 1.82) is 0 Å². The predicted molar refractivity (Wildman–Crippen MR) is 60.8 cm³/mol. The van der Waals surface area contributed by atoms with E-state index in [1.165, 1.54) is 0 Å². The molecule has 0 saturated carbocycles. The van der Waals surface area contributed by atoms with E-state index in [2.05, 4.69) is 15.9 Å². The third-order valence-corrected chi connectivity index (χ3v) is 3.41. The van der Waals surface area contributed by atoms with E-state index in [1.807, 2.05) is 0 Å². The molecule has 16 heavy (non-hydrogen) atoms. The summed E-state index contributed by atoms with van der Waals surface area (Å²) in [5.74, 6) is 0.976. The normalized spacial score (nSPS) is 14.9. The first-order chi connectivity index (χ1) is 7.54. The second kappa shape index (κ2) is 3.97. The molecule has 1 aromatic heterocycles. The van der Waals surface area contributed by atoms with Crippen molar-refractivity contribution in [3.63, 3.8) is 0 Å². The molecule has 0 bridgehead atoms. The van der Waals surface area contributed by atoms with Gasteiger partial charge >= 0.3 is 5.97 Å². The Kier molecular flexibility index (Phi) is 2.80. The third kappa shape index (κ3) is 1.65. The number of aryl methyl sites for hydroxylation is 1. The number of carbonyl (C=O) groups is 1. The number of hydrogen-bond acceptors (Lipinski definition) is 3. The molecule has 5 heteroatoms. The number of carboxylic acid groups (broad SMARTS) is 1. The Morgan fingerprint density at radius 2 is 2.19 bits per heavy atom. The summed E-state index contributed by atoms with van der Waals surface area (Å²) in [5.41, 5.74) is 0.995. The highest BCUT2D eigenvalue weighted by atomic mass is 79.9. The van der Waals surface area contributed by atoms with Gasteiger partial charge in [-0.15, -0.1) is 0 Å². The van der Waals surface area contributed by atoms with Crippen LogP contribution < -0.4 is 0 Å². The van der Waals surface area contributed by atoms with Gasteiger partial charge in [-0.2, -0.15) is 0 Å². The van der Waals surface area contributed by atoms with Gasteiger partial charge in [0.2, 0.25) is 0 Å². The zero-order valence-corrected chi connectivity index (χ0v) is 10.6. The Labute approximate surface area is 101 Å². The topological polar surface area (TPSA) is 59.7 Å². The molecule has 1 aliphatic carbocycles. The van der Waals surface area contributed by atoms with Crippen molar-refractivity contribution >= 4 is 21.9 Å². The van der Waals surface area contributed by atoms with Gasteiger partial charge in [0.1, 0.15) is 22.8 Å². The zero-order chi connectivity index (χ0) is 11.9. The highest BCUT2D eigenvalue weighted by Gasteiger charge is 2.28. The van der Waals surface area contributed by atoms with Crippen molar-refractivity contribution in [2.75, 3.05) is 7.11 Å². The maximum absolute atomic E-state index is 11.1. The van der Waals surface area contributed by atoms with Gasteiger partial charge in [-0.3, -0.25) is 0 Å². The average molecular weight is 287 g/mol. The first-order valence-corrected chi connectivity index (χ1v) is 5.59. The fourth-order valence-electron chi connectivity index (χ4n) is 1.94. The van der Waals surface area contributed by atoms with Crippen molar-refractivity contribution in [2.24, 2.45) is 0 Å². The fourth-order valence-corrected chi connectivity index (χ4v) is 2.49. The second-order valence-corrected chi connectivity index (χ2v) is 4.58. The Balaban J connectivity index is 2.50. The minimum atomic E-state index is -0.948. The van der Waals surface area contributed by atoms with Crippen molar-refractivity contribution in [3.05, 3.63) is 32.9 Å². The molecule has 0 fully saturated rings. The lowest BCUT2D eigenvalue weighted by atomic mass is 9.98. The number of rotatable bonds is 2. The van der Waals surface area contributed by atoms with E-state index in [9.17, 15) is 4.79 Å². The molecule has 1 N–H and O–H groups in total. The van der Waals surface area contributed by atoms with Crippen LogP contribution in [0.2, 0.25) is 0 Å². The van der Waals surface area contributed by atoms with Crippen LogP contribution in [-0.2, 0) is 17.6 Å². The van der Waals surface area contributed by atoms with Gasteiger partial charge in [-0.25, -0.2) is 4.79 Å². The van der Waals surface area contributed by atoms with Crippen molar-refractivity contribution in [2.45, 2.75) is 19.8 Å². The number of aromatic carboxylic acids is 1. The molecule has 0 amide bonds. The fraction of sp³-hybridized carbons (Fsp3) is 0.364. The lowest BCUT2D eigenvalue weighted by Gasteiger charge is -2.15. The predicted octanol–water partition coefficient (Wildman–Crippen LogP) is 2.64. The van der Waals surface area contributed by atoms with E-state index in [1.54, 1.807) is 14.0 Å². The summed E-state index contributed by atoms with van der Waals surface area (Å²) >= 11 is 3.40. The lowest BCUT2D eigenvalue weighted by molar-refractivity contribution is 0.0694. The summed E-state index contributed by atoms with van der Waals surface area (Å²) in [5, 5.41) is 9.11. The van der Waals surface area contributed by atoms with E-state index in [0.717, 1.165) is 15.8 Å². The molecule has 1 aliphatic rings. The lowest BCUT2D eigenvalue weighted by Crippen LogP contribution is -2.09. The summed E-state index contributed by atoms with van der Waals surface area (Å²) < 4.78 is 11.6. The van der Waals surface area contributed by atoms with Gasteiger partial charge in [0.25, 0.3) is 0 Å². The first-order valence-electron chi connectivity index (χ1n) is 4.80. The van der Waals surface area contributed by atoms with Gasteiger partial charge in [0, 0.05) is 22.9 Å². The molecule has 0 saturated heterocycles. The first kappa shape index (κ1) is 11.3. The minimum Gasteiger partial charge on any atom is -0.500 e. The molecule has 0 aliphatic heterocycles. The van der Waals surface area contributed by atoms with Gasteiger partial charge in [0.15, 0.2) is 0 Å². The molecular weight excluding hydrogens is 276 g/mol. The smallest absolute Gasteiger partial charge is 0.339 e. The summed E-state index contributed by atoms with van der Waals surface area (Å²) in [7, 11) is 1.58. The number of allylic oxidation sites excluding steroid dienone is 2. The van der Waals surface area contributed by atoms with Crippen LogP contribution >= 0.6 is 15.9 Å². The summed E-state index contributed by atoms with van der Waals surface area (Å²) in [6.07, 6.45) is 1.01. The maximum Gasteiger partial charge on any atom is 0.339 e. The third-order valence-electron chi connectivity index (χ3n) is 2.68. The molecule has 2 rings (SSSR count). The molecule has 0 spiro atoms. The molecule has 4 nitrogen and oxygen atoms in total. The van der Waals surface area contributed by atoms with Crippen LogP contribution in [0.5, 0.6) is 0 Å². The van der Waals surface area contributed by atoms with Crippen LogP contribution in [0.3, 0.4) is 0 Å². The molecule has 0 radical (unpaired) electrons. The zero-order valence-electron chi connectivity index (χ0n) is 8.96. The Morgan fingerprint density at radius 3 is 2.75 bits per heavy atom. The van der Waals surface area contributed by atoms with Crippen molar-refractivity contribution < 1.29 is 19.1 Å². The molecule has 86 valence electrons. The summed E-state index contributed by atoms with van der Waals surface area (Å²) in [6, 6.07) is 0. The minimum absolute atomic E-state index is 0.268. The maximum atomic E-state index is 11.1. The quantitative estimate of drug-likeness (QED) is 0.908. The largest absolute Gasteiger partial charge is 0.500 e. The molecule has 1 aromatic rings. The number of methoxy groups -OCH3 is 1. The number of carboxylic acids is 1. The average Bonchev–Trinajstić information content (AvgIpc) is 2.51. The molecule has 1 heterocycles. The van der Waals surface area contributed by atoms with E-state index in [-0.39, 0.29) is 5.56 Å². The van der Waals surface area contributed by atoms with E-state index in [0.29, 0.717) is 24.4 Å². The number of fused-ring (bicyclic) bond motifs is 1. The Hall–Kier alpha value is -1.23. The standard InChI is InChI=1S/C11H11BrO4/c1-5-10(11(13)14)6-3-9(15-2)7(12)4-8(6)16-5/h3-4H2,1-2H3,(H,13,14). The summed E-state index contributed by atoms with van der Waals surface area (Å²) in [6.45, 7) is 1.67. The SMILES string of the molecule is COC1=C(Br)Cc2oc(C)c(C(=O)O)c2C1. The number of ether oxygens (including phenoxy) is 1. The van der Waals surface area contributed by atoms with Crippen LogP contribution in [0.25, 0.3) is 0 Å². The molecule has 0 unspecified atom stereocenters. The molecule has 0 atom stereocenters. The highest BCUT2D eigenvalue weighted by Crippen LogP contribution is 2.34. The monoisotopic (exact) mass is 286 g/mol.